The molecule has 0 unspecified atom stereocenters. The fourth-order valence-electron chi connectivity index (χ4n) is 1.90. The van der Waals surface area contributed by atoms with E-state index in [9.17, 15) is 0 Å². The van der Waals surface area contributed by atoms with Gasteiger partial charge in [-0.2, -0.15) is 0 Å². The van der Waals surface area contributed by atoms with Crippen molar-refractivity contribution >= 4 is 22.9 Å². The third kappa shape index (κ3) is 3.72. The maximum absolute atomic E-state index is 6.18. The minimum atomic E-state index is 0.569. The summed E-state index contributed by atoms with van der Waals surface area (Å²) in [6, 6.07) is 10.0. The average molecular weight is 296 g/mol. The Morgan fingerprint density at radius 3 is 2.68 bits per heavy atom. The second kappa shape index (κ2) is 6.94. The molecule has 0 amide bonds. The molecule has 19 heavy (non-hydrogen) atoms. The van der Waals surface area contributed by atoms with Gasteiger partial charge in [-0.3, -0.25) is 0 Å². The number of aryl methyl sites for hydroxylation is 1. The summed E-state index contributed by atoms with van der Waals surface area (Å²) in [5, 5.41) is 0.725. The van der Waals surface area contributed by atoms with E-state index in [1.807, 2.05) is 18.2 Å². The van der Waals surface area contributed by atoms with Crippen LogP contribution < -0.4 is 10.5 Å². The van der Waals surface area contributed by atoms with Gasteiger partial charge in [-0.1, -0.05) is 24.6 Å². The summed E-state index contributed by atoms with van der Waals surface area (Å²) in [4.78, 5) is 2.61. The molecule has 0 bridgehead atoms. The topological polar surface area (TPSA) is 35.2 Å². The molecule has 1 heterocycles. The molecule has 0 saturated carbocycles. The molecule has 2 aromatic rings. The van der Waals surface area contributed by atoms with Crippen molar-refractivity contribution in [3.8, 4) is 5.75 Å². The van der Waals surface area contributed by atoms with Gasteiger partial charge in [0.1, 0.15) is 12.4 Å². The highest BCUT2D eigenvalue weighted by atomic mass is 35.5. The van der Waals surface area contributed by atoms with Crippen LogP contribution in [0.4, 0.5) is 0 Å². The molecule has 102 valence electrons. The van der Waals surface area contributed by atoms with Crippen LogP contribution in [0, 0.1) is 0 Å². The van der Waals surface area contributed by atoms with Gasteiger partial charge in [0.05, 0.1) is 0 Å². The lowest BCUT2D eigenvalue weighted by Gasteiger charge is -2.11. The molecule has 0 aliphatic rings. The van der Waals surface area contributed by atoms with Crippen LogP contribution in [0.2, 0.25) is 5.02 Å². The lowest BCUT2D eigenvalue weighted by molar-refractivity contribution is 0.306. The lowest BCUT2D eigenvalue weighted by atomic mass is 10.1. The first kappa shape index (κ1) is 14.4. The predicted octanol–water partition coefficient (Wildman–Crippen LogP) is 4.04. The van der Waals surface area contributed by atoms with Gasteiger partial charge >= 0.3 is 0 Å². The van der Waals surface area contributed by atoms with Crippen molar-refractivity contribution in [1.29, 1.82) is 0 Å². The summed E-state index contributed by atoms with van der Waals surface area (Å²) >= 11 is 7.98. The molecular weight excluding hydrogens is 278 g/mol. The number of hydrogen-bond donors (Lipinski definition) is 1. The van der Waals surface area contributed by atoms with Crippen LogP contribution in [-0.2, 0) is 19.4 Å². The highest BCUT2D eigenvalue weighted by molar-refractivity contribution is 7.11. The number of benzene rings is 1. The van der Waals surface area contributed by atoms with Crippen molar-refractivity contribution in [2.75, 3.05) is 6.54 Å². The number of halogens is 1. The van der Waals surface area contributed by atoms with Crippen LogP contribution in [0.15, 0.2) is 30.3 Å². The van der Waals surface area contributed by atoms with Crippen LogP contribution in [-0.4, -0.2) is 6.54 Å². The Bertz CT molecular complexity index is 539. The molecule has 2 nitrogen and oxygen atoms in total. The van der Waals surface area contributed by atoms with E-state index < -0.39 is 0 Å². The summed E-state index contributed by atoms with van der Waals surface area (Å²) in [6.07, 6.45) is 1.81. The minimum absolute atomic E-state index is 0.569. The fourth-order valence-corrected chi connectivity index (χ4v) is 3.03. The van der Waals surface area contributed by atoms with Crippen molar-refractivity contribution in [1.82, 2.24) is 0 Å². The second-order valence-corrected chi connectivity index (χ2v) is 5.93. The Kier molecular flexibility index (Phi) is 5.25. The van der Waals surface area contributed by atoms with Gasteiger partial charge in [0.2, 0.25) is 0 Å². The van der Waals surface area contributed by atoms with Gasteiger partial charge < -0.3 is 10.5 Å². The average Bonchev–Trinajstić information content (AvgIpc) is 2.87. The van der Waals surface area contributed by atoms with Crippen LogP contribution >= 0.6 is 22.9 Å². The largest absolute Gasteiger partial charge is 0.488 e. The molecule has 1 aromatic heterocycles. The lowest BCUT2D eigenvalue weighted by Crippen LogP contribution is -2.05. The molecule has 0 aliphatic heterocycles. The van der Waals surface area contributed by atoms with Gasteiger partial charge in [0.25, 0.3) is 0 Å². The summed E-state index contributed by atoms with van der Waals surface area (Å²) in [6.45, 7) is 3.31. The van der Waals surface area contributed by atoms with E-state index in [2.05, 4.69) is 19.1 Å². The number of thiophene rings is 1. The maximum atomic E-state index is 6.18. The third-order valence-corrected chi connectivity index (χ3v) is 4.46. The zero-order valence-corrected chi connectivity index (χ0v) is 12.6. The molecule has 2 N–H and O–H groups in total. The Labute approximate surface area is 123 Å². The van der Waals surface area contributed by atoms with Crippen molar-refractivity contribution < 1.29 is 4.74 Å². The molecule has 0 saturated heterocycles. The zero-order valence-electron chi connectivity index (χ0n) is 11.0. The molecule has 0 radical (unpaired) electrons. The molecule has 1 aromatic carbocycles. The highest BCUT2D eigenvalue weighted by Gasteiger charge is 2.08. The molecule has 0 atom stereocenters. The molecule has 4 heteroatoms. The van der Waals surface area contributed by atoms with E-state index in [1.54, 1.807) is 11.3 Å². The minimum Gasteiger partial charge on any atom is -0.488 e. The summed E-state index contributed by atoms with van der Waals surface area (Å²) in [7, 11) is 0. The van der Waals surface area contributed by atoms with Crippen molar-refractivity contribution in [2.45, 2.75) is 26.4 Å². The number of rotatable bonds is 6. The van der Waals surface area contributed by atoms with E-state index in [1.165, 1.54) is 9.75 Å². The van der Waals surface area contributed by atoms with E-state index >= 15 is 0 Å². The first-order valence-electron chi connectivity index (χ1n) is 6.42. The van der Waals surface area contributed by atoms with Crippen LogP contribution in [0.5, 0.6) is 5.75 Å². The summed E-state index contributed by atoms with van der Waals surface area (Å²) in [5.41, 5.74) is 6.61. The van der Waals surface area contributed by atoms with Gasteiger partial charge in [-0.25, -0.2) is 0 Å². The Morgan fingerprint density at radius 2 is 2.00 bits per heavy atom. The standard InChI is InChI=1S/C15H18ClNOS/c1-2-11-6-7-12(19-11)10-18-15-5-3-4-14(16)13(15)8-9-17/h3-7H,2,8-10,17H2,1H3. The zero-order chi connectivity index (χ0) is 13.7. The van der Waals surface area contributed by atoms with Crippen LogP contribution in [0.3, 0.4) is 0 Å². The van der Waals surface area contributed by atoms with Gasteiger partial charge in [0, 0.05) is 20.3 Å². The van der Waals surface area contributed by atoms with E-state index in [-0.39, 0.29) is 0 Å². The van der Waals surface area contributed by atoms with Crippen molar-refractivity contribution in [2.24, 2.45) is 5.73 Å². The summed E-state index contributed by atoms with van der Waals surface area (Å²) in [5.74, 6) is 0.837. The van der Waals surface area contributed by atoms with Gasteiger partial charge in [-0.15, -0.1) is 11.3 Å². The maximum Gasteiger partial charge on any atom is 0.124 e. The van der Waals surface area contributed by atoms with E-state index in [4.69, 9.17) is 22.1 Å². The van der Waals surface area contributed by atoms with Gasteiger partial charge in [0.15, 0.2) is 0 Å². The third-order valence-electron chi connectivity index (χ3n) is 2.91. The Hall–Kier alpha value is -1.03. The predicted molar refractivity (Wildman–Crippen MR) is 82.2 cm³/mol. The smallest absolute Gasteiger partial charge is 0.124 e. The van der Waals surface area contributed by atoms with Crippen LogP contribution in [0.25, 0.3) is 0 Å². The fraction of sp³-hybridized carbons (Fsp3) is 0.333. The first-order chi connectivity index (χ1) is 9.24. The number of ether oxygens (including phenoxy) is 1. The van der Waals surface area contributed by atoms with Crippen LogP contribution in [0.1, 0.15) is 22.2 Å². The monoisotopic (exact) mass is 295 g/mol. The number of nitrogens with two attached hydrogens (primary N) is 1. The normalized spacial score (nSPS) is 10.7. The van der Waals surface area contributed by atoms with Crippen molar-refractivity contribution in [3.63, 3.8) is 0 Å². The highest BCUT2D eigenvalue weighted by Crippen LogP contribution is 2.28. The SMILES string of the molecule is CCc1ccc(COc2cccc(Cl)c2CCN)s1. The molecule has 0 spiro atoms. The molecule has 2 rings (SSSR count). The van der Waals surface area contributed by atoms with Gasteiger partial charge in [-0.05, 0) is 43.7 Å². The number of hydrogen-bond acceptors (Lipinski definition) is 3. The first-order valence-corrected chi connectivity index (χ1v) is 7.62. The molecule has 0 aliphatic carbocycles. The van der Waals surface area contributed by atoms with E-state index in [0.29, 0.717) is 13.2 Å². The molecular formula is C15H18ClNOS. The Balaban J connectivity index is 2.08. The second-order valence-electron chi connectivity index (χ2n) is 4.27. The molecule has 0 fully saturated rings. The Morgan fingerprint density at radius 1 is 1.21 bits per heavy atom. The summed E-state index contributed by atoms with van der Waals surface area (Å²) < 4.78 is 5.88. The quantitative estimate of drug-likeness (QED) is 0.873. The van der Waals surface area contributed by atoms with E-state index in [0.717, 1.165) is 29.2 Å². The van der Waals surface area contributed by atoms with Crippen molar-refractivity contribution in [3.05, 3.63) is 50.7 Å².